The highest BCUT2D eigenvalue weighted by molar-refractivity contribution is 5.27. The quantitative estimate of drug-likeness (QED) is 0.428. The number of phenolic OH excluding ortho intramolecular Hbond substituents is 1. The topological polar surface area (TPSA) is 66.5 Å². The second-order valence-corrected chi connectivity index (χ2v) is 2.34. The fraction of sp³-hybridized carbons (Fsp3) is 0.250. The van der Waals surface area contributed by atoms with Crippen LogP contribution in [-0.2, 0) is 0 Å². The van der Waals surface area contributed by atoms with Crippen molar-refractivity contribution in [3.05, 3.63) is 29.8 Å². The van der Waals surface area contributed by atoms with Crippen LogP contribution in [0.25, 0.3) is 0 Å². The number of phenols is 1. The van der Waals surface area contributed by atoms with Gasteiger partial charge >= 0.3 is 0 Å². The summed E-state index contributed by atoms with van der Waals surface area (Å²) in [6.45, 7) is 0.199. The fourth-order valence-electron chi connectivity index (χ4n) is 0.833. The SMILES string of the molecule is [15NH2][13CH2][13CH](O)c1ccc(O)cc1. The Balaban J connectivity index is 2.81. The molecule has 0 heterocycles. The van der Waals surface area contributed by atoms with Crippen LogP contribution < -0.4 is 5.73 Å². The second kappa shape index (κ2) is 3.37. The maximum absolute atomic E-state index is 9.21. The Morgan fingerprint density at radius 3 is 2.27 bits per heavy atom. The maximum Gasteiger partial charge on any atom is 0.115 e. The highest BCUT2D eigenvalue weighted by Gasteiger charge is 2.02. The lowest BCUT2D eigenvalue weighted by molar-refractivity contribution is 0.186. The van der Waals surface area contributed by atoms with Crippen LogP contribution in [0.2, 0.25) is 0 Å². The first-order valence-electron chi connectivity index (χ1n) is 3.41. The fourth-order valence-corrected chi connectivity index (χ4v) is 0.833. The summed E-state index contributed by atoms with van der Waals surface area (Å²) < 4.78 is 0. The molecule has 0 fully saturated rings. The van der Waals surface area contributed by atoms with E-state index in [-0.39, 0.29) is 12.3 Å². The van der Waals surface area contributed by atoms with Gasteiger partial charge < -0.3 is 15.9 Å². The van der Waals surface area contributed by atoms with Gasteiger partial charge in [-0.05, 0) is 17.7 Å². The van der Waals surface area contributed by atoms with Crippen LogP contribution in [0, 0.1) is 0 Å². The lowest BCUT2D eigenvalue weighted by atomic mass is 10.3. The van der Waals surface area contributed by atoms with E-state index in [2.05, 4.69) is 0 Å². The monoisotopic (exact) mass is 156 g/mol. The van der Waals surface area contributed by atoms with E-state index in [0.29, 0.717) is 0 Å². The van der Waals surface area contributed by atoms with Crippen molar-refractivity contribution in [3.63, 3.8) is 0 Å². The van der Waals surface area contributed by atoms with E-state index in [1.807, 2.05) is 0 Å². The number of aromatic hydroxyl groups is 1. The molecule has 0 bridgehead atoms. The van der Waals surface area contributed by atoms with Gasteiger partial charge in [-0.15, -0.1) is 0 Å². The summed E-state index contributed by atoms with van der Waals surface area (Å²) in [7, 11) is 0. The molecule has 0 aliphatic carbocycles. The molecule has 11 heavy (non-hydrogen) atoms. The molecule has 60 valence electrons. The Morgan fingerprint density at radius 2 is 1.82 bits per heavy atom. The Bertz CT molecular complexity index is 220. The van der Waals surface area contributed by atoms with E-state index in [1.54, 1.807) is 12.1 Å². The van der Waals surface area contributed by atoms with Gasteiger partial charge in [0.15, 0.2) is 0 Å². The molecular weight excluding hydrogens is 145 g/mol. The van der Waals surface area contributed by atoms with Gasteiger partial charge in [-0.3, -0.25) is 0 Å². The van der Waals surface area contributed by atoms with Gasteiger partial charge in [-0.25, -0.2) is 0 Å². The van der Waals surface area contributed by atoms with Gasteiger partial charge in [0.1, 0.15) is 5.75 Å². The first kappa shape index (κ1) is 8.04. The standard InChI is InChI=1S/C8H11NO2/c9-5-8(11)6-1-3-7(10)4-2-6/h1-4,8,10-11H,5,9H2/i5+1,8+1,9+1. The summed E-state index contributed by atoms with van der Waals surface area (Å²) in [5, 5.41) is 18.1. The van der Waals surface area contributed by atoms with Crippen LogP contribution in [-0.4, -0.2) is 16.8 Å². The van der Waals surface area contributed by atoms with Crippen molar-refractivity contribution in [3.8, 4) is 5.75 Å². The zero-order valence-corrected chi connectivity index (χ0v) is 6.07. The van der Waals surface area contributed by atoms with E-state index < -0.39 is 6.10 Å². The normalized spacial score (nSPS) is 12.9. The third kappa shape index (κ3) is 1.93. The lowest BCUT2D eigenvalue weighted by Crippen LogP contribution is -2.10. The zero-order valence-electron chi connectivity index (χ0n) is 6.07. The minimum atomic E-state index is -0.629. The van der Waals surface area contributed by atoms with Gasteiger partial charge in [-0.2, -0.15) is 0 Å². The average Bonchev–Trinajstić information content (AvgIpc) is 2.05. The smallest absolute Gasteiger partial charge is 0.115 e. The molecule has 0 aliphatic heterocycles. The van der Waals surface area contributed by atoms with E-state index in [4.69, 9.17) is 10.8 Å². The number of aliphatic hydroxyl groups is 1. The highest BCUT2D eigenvalue weighted by Crippen LogP contribution is 2.15. The molecule has 1 aromatic rings. The van der Waals surface area contributed by atoms with Gasteiger partial charge in [0.25, 0.3) is 0 Å². The van der Waals surface area contributed by atoms with E-state index in [1.165, 1.54) is 12.1 Å². The molecule has 3 nitrogen and oxygen atoms in total. The number of hydrogen-bond donors (Lipinski definition) is 3. The number of benzene rings is 1. The minimum absolute atomic E-state index is 0.193. The summed E-state index contributed by atoms with van der Waals surface area (Å²) in [6.07, 6.45) is -0.629. The first-order chi connectivity index (χ1) is 5.24. The van der Waals surface area contributed by atoms with E-state index in [0.717, 1.165) is 5.56 Å². The van der Waals surface area contributed by atoms with Crippen molar-refractivity contribution in [2.24, 2.45) is 5.73 Å². The summed E-state index contributed by atoms with van der Waals surface area (Å²) >= 11 is 0. The lowest BCUT2D eigenvalue weighted by Gasteiger charge is -2.06. The van der Waals surface area contributed by atoms with Gasteiger partial charge in [0.05, 0.1) is 6.10 Å². The summed E-state index contributed by atoms with van der Waals surface area (Å²) in [5.74, 6) is 0.193. The molecule has 1 unspecified atom stereocenters. The zero-order chi connectivity index (χ0) is 8.27. The van der Waals surface area contributed by atoms with Gasteiger partial charge in [0, 0.05) is 6.54 Å². The molecule has 0 aromatic heterocycles. The van der Waals surface area contributed by atoms with Crippen molar-refractivity contribution in [1.29, 1.82) is 0 Å². The van der Waals surface area contributed by atoms with Crippen molar-refractivity contribution in [2.75, 3.05) is 6.54 Å². The molecule has 0 spiro atoms. The van der Waals surface area contributed by atoms with Crippen LogP contribution in [0.3, 0.4) is 0 Å². The van der Waals surface area contributed by atoms with E-state index >= 15 is 0 Å². The number of aliphatic hydroxyl groups excluding tert-OH is 1. The number of hydrogen-bond acceptors (Lipinski definition) is 3. The molecular formula is C8H11NO2. The first-order valence-corrected chi connectivity index (χ1v) is 3.41. The van der Waals surface area contributed by atoms with Crippen LogP contribution in [0.15, 0.2) is 24.3 Å². The number of nitrogens with two attached hydrogens (primary N) is 1. The molecule has 1 atom stereocenters. The summed E-state index contributed by atoms with van der Waals surface area (Å²) in [5.41, 5.74) is 5.96. The molecule has 0 amide bonds. The molecule has 1 aromatic carbocycles. The summed E-state index contributed by atoms with van der Waals surface area (Å²) in [6, 6.07) is 6.34. The minimum Gasteiger partial charge on any atom is -0.508 e. The third-order valence-electron chi connectivity index (χ3n) is 1.50. The number of rotatable bonds is 2. The van der Waals surface area contributed by atoms with Crippen molar-refractivity contribution < 1.29 is 10.2 Å². The van der Waals surface area contributed by atoms with Crippen molar-refractivity contribution in [2.45, 2.75) is 6.10 Å². The average molecular weight is 156 g/mol. The molecule has 0 saturated carbocycles. The van der Waals surface area contributed by atoms with Crippen LogP contribution in [0.1, 0.15) is 11.7 Å². The Hall–Kier alpha value is -1.06. The second-order valence-electron chi connectivity index (χ2n) is 2.34. The van der Waals surface area contributed by atoms with Crippen molar-refractivity contribution >= 4 is 0 Å². The van der Waals surface area contributed by atoms with Crippen LogP contribution in [0.4, 0.5) is 0 Å². The Labute approximate surface area is 65.1 Å². The molecule has 4 N–H and O–H groups in total. The molecule has 3 heteroatoms. The molecule has 0 radical (unpaired) electrons. The van der Waals surface area contributed by atoms with Crippen LogP contribution in [0.5, 0.6) is 5.75 Å². The van der Waals surface area contributed by atoms with Gasteiger partial charge in [0.2, 0.25) is 0 Å². The maximum atomic E-state index is 9.21. The van der Waals surface area contributed by atoms with E-state index in [9.17, 15) is 5.11 Å². The third-order valence-corrected chi connectivity index (χ3v) is 1.50. The highest BCUT2D eigenvalue weighted by atomic mass is 16.4. The van der Waals surface area contributed by atoms with Crippen LogP contribution >= 0.6 is 0 Å². The molecule has 0 aliphatic rings. The largest absolute Gasteiger partial charge is 0.508 e. The summed E-state index contributed by atoms with van der Waals surface area (Å²) in [4.78, 5) is 0. The molecule has 0 saturated heterocycles. The predicted molar refractivity (Wildman–Crippen MR) is 42.1 cm³/mol. The molecule has 1 rings (SSSR count). The van der Waals surface area contributed by atoms with Gasteiger partial charge in [-0.1, -0.05) is 12.1 Å². The Kier molecular flexibility index (Phi) is 2.46. The Morgan fingerprint density at radius 1 is 1.27 bits per heavy atom. The van der Waals surface area contributed by atoms with Crippen molar-refractivity contribution in [1.82, 2.24) is 0 Å². The predicted octanol–water partition coefficient (Wildman–Crippen LogP) is 0.384.